The third-order valence-electron chi connectivity index (χ3n) is 7.49. The van der Waals surface area contributed by atoms with Crippen LogP contribution in [0.25, 0.3) is 0 Å². The topological polar surface area (TPSA) is 66.8 Å². The van der Waals surface area contributed by atoms with Gasteiger partial charge in [0.1, 0.15) is 5.75 Å². The van der Waals surface area contributed by atoms with Gasteiger partial charge in [-0.25, -0.2) is 0 Å². The molecule has 3 aliphatic rings. The number of benzene rings is 1. The minimum atomic E-state index is -0.224. The average Bonchev–Trinajstić information content (AvgIpc) is 2.89. The molecule has 4 rings (SSSR count). The number of carbonyl (C=O) groups excluding carboxylic acids is 1. The van der Waals surface area contributed by atoms with E-state index in [1.807, 2.05) is 6.07 Å². The van der Waals surface area contributed by atoms with E-state index in [0.29, 0.717) is 29.9 Å². The zero-order valence-electron chi connectivity index (χ0n) is 15.1. The van der Waals surface area contributed by atoms with Crippen molar-refractivity contribution in [2.24, 2.45) is 23.2 Å². The third kappa shape index (κ3) is 2.57. The van der Waals surface area contributed by atoms with Crippen molar-refractivity contribution in [1.29, 1.82) is 0 Å². The predicted octanol–water partition coefficient (Wildman–Crippen LogP) is 3.40. The number of aromatic hydroxyl groups is 1. The van der Waals surface area contributed by atoms with Crippen molar-refractivity contribution in [3.8, 4) is 5.75 Å². The molecule has 0 bridgehead atoms. The van der Waals surface area contributed by atoms with Crippen LogP contribution in [0.15, 0.2) is 18.2 Å². The Kier molecular flexibility index (Phi) is 4.06. The molecule has 2 N–H and O–H groups in total. The van der Waals surface area contributed by atoms with Crippen molar-refractivity contribution in [2.45, 2.75) is 57.5 Å². The first-order valence-electron chi connectivity index (χ1n) is 9.50. The van der Waals surface area contributed by atoms with E-state index in [1.165, 1.54) is 18.2 Å². The molecule has 1 aromatic carbocycles. The Hall–Kier alpha value is -1.55. The SMILES string of the molecule is COC(=O)C[C@@H]1Cc2cc(O)ccc2[C@H]2CC[C@]3(C)[C@@H](O)CC[C@H]3[C@H]12. The summed E-state index contributed by atoms with van der Waals surface area (Å²) in [6, 6.07) is 5.73. The van der Waals surface area contributed by atoms with Gasteiger partial charge in [-0.1, -0.05) is 13.0 Å². The fraction of sp³-hybridized carbons (Fsp3) is 0.667. The van der Waals surface area contributed by atoms with Gasteiger partial charge in [-0.3, -0.25) is 4.79 Å². The molecule has 6 atom stereocenters. The Morgan fingerprint density at radius 3 is 2.88 bits per heavy atom. The molecule has 2 saturated carbocycles. The van der Waals surface area contributed by atoms with Crippen molar-refractivity contribution in [1.82, 2.24) is 0 Å². The smallest absolute Gasteiger partial charge is 0.305 e. The molecular weight excluding hydrogens is 316 g/mol. The molecule has 136 valence electrons. The van der Waals surface area contributed by atoms with Gasteiger partial charge in [0.05, 0.1) is 13.2 Å². The van der Waals surface area contributed by atoms with Crippen LogP contribution in [0.2, 0.25) is 0 Å². The summed E-state index contributed by atoms with van der Waals surface area (Å²) < 4.78 is 4.96. The molecule has 4 heteroatoms. The molecule has 0 spiro atoms. The van der Waals surface area contributed by atoms with Crippen molar-refractivity contribution >= 4 is 5.97 Å². The van der Waals surface area contributed by atoms with Crippen molar-refractivity contribution in [3.05, 3.63) is 29.3 Å². The maximum absolute atomic E-state index is 12.0. The van der Waals surface area contributed by atoms with Crippen LogP contribution >= 0.6 is 0 Å². The highest BCUT2D eigenvalue weighted by Crippen LogP contribution is 2.62. The Morgan fingerprint density at radius 2 is 2.12 bits per heavy atom. The van der Waals surface area contributed by atoms with Crippen LogP contribution in [0.3, 0.4) is 0 Å². The maximum Gasteiger partial charge on any atom is 0.305 e. The molecule has 0 heterocycles. The summed E-state index contributed by atoms with van der Waals surface area (Å²) >= 11 is 0. The summed E-state index contributed by atoms with van der Waals surface area (Å²) in [7, 11) is 1.45. The average molecular weight is 344 g/mol. The molecule has 0 aliphatic heterocycles. The number of rotatable bonds is 2. The predicted molar refractivity (Wildman–Crippen MR) is 94.2 cm³/mol. The lowest BCUT2D eigenvalue weighted by molar-refractivity contribution is -0.143. The molecular formula is C21H28O4. The fourth-order valence-electron chi connectivity index (χ4n) is 6.24. The number of hydrogen-bond donors (Lipinski definition) is 2. The summed E-state index contributed by atoms with van der Waals surface area (Å²) in [4.78, 5) is 12.0. The largest absolute Gasteiger partial charge is 0.508 e. The first kappa shape index (κ1) is 16.9. The van der Waals surface area contributed by atoms with Gasteiger partial charge in [0.25, 0.3) is 0 Å². The minimum absolute atomic E-state index is 0.0239. The molecule has 0 radical (unpaired) electrons. The molecule has 0 unspecified atom stereocenters. The number of carbonyl (C=O) groups is 1. The number of aliphatic hydroxyl groups is 1. The van der Waals surface area contributed by atoms with Crippen LogP contribution in [0.4, 0.5) is 0 Å². The van der Waals surface area contributed by atoms with Crippen molar-refractivity contribution < 1.29 is 19.7 Å². The number of hydrogen-bond acceptors (Lipinski definition) is 4. The Balaban J connectivity index is 1.75. The molecule has 0 aromatic heterocycles. The van der Waals surface area contributed by atoms with E-state index in [4.69, 9.17) is 4.74 Å². The minimum Gasteiger partial charge on any atom is -0.508 e. The Bertz CT molecular complexity index is 684. The lowest BCUT2D eigenvalue weighted by Gasteiger charge is -2.53. The summed E-state index contributed by atoms with van der Waals surface area (Å²) in [5, 5.41) is 20.5. The zero-order chi connectivity index (χ0) is 17.8. The van der Waals surface area contributed by atoms with E-state index in [1.54, 1.807) is 6.07 Å². The molecule has 25 heavy (non-hydrogen) atoms. The van der Waals surface area contributed by atoms with Crippen molar-refractivity contribution in [3.63, 3.8) is 0 Å². The number of aliphatic hydroxyl groups excluding tert-OH is 1. The van der Waals surface area contributed by atoms with E-state index in [0.717, 1.165) is 32.1 Å². The number of fused-ring (bicyclic) bond motifs is 5. The van der Waals surface area contributed by atoms with E-state index < -0.39 is 0 Å². The summed E-state index contributed by atoms with van der Waals surface area (Å²) in [6.45, 7) is 2.24. The fourth-order valence-corrected chi connectivity index (χ4v) is 6.24. The second-order valence-corrected chi connectivity index (χ2v) is 8.56. The van der Waals surface area contributed by atoms with E-state index >= 15 is 0 Å². The highest BCUT2D eigenvalue weighted by atomic mass is 16.5. The second-order valence-electron chi connectivity index (χ2n) is 8.56. The van der Waals surface area contributed by atoms with Gasteiger partial charge in [-0.2, -0.15) is 0 Å². The number of methoxy groups -OCH3 is 1. The monoisotopic (exact) mass is 344 g/mol. The molecule has 0 saturated heterocycles. The maximum atomic E-state index is 12.0. The molecule has 3 aliphatic carbocycles. The number of esters is 1. The van der Waals surface area contributed by atoms with Gasteiger partial charge in [0.2, 0.25) is 0 Å². The highest BCUT2D eigenvalue weighted by molar-refractivity contribution is 5.69. The summed E-state index contributed by atoms with van der Waals surface area (Å²) in [5.41, 5.74) is 2.49. The highest BCUT2D eigenvalue weighted by Gasteiger charge is 2.56. The Morgan fingerprint density at radius 1 is 1.32 bits per heavy atom. The van der Waals surface area contributed by atoms with E-state index in [-0.39, 0.29) is 23.4 Å². The van der Waals surface area contributed by atoms with Gasteiger partial charge >= 0.3 is 5.97 Å². The third-order valence-corrected chi connectivity index (χ3v) is 7.49. The number of ether oxygens (including phenoxy) is 1. The summed E-state index contributed by atoms with van der Waals surface area (Å²) in [5.74, 6) is 1.65. The first-order valence-corrected chi connectivity index (χ1v) is 9.50. The lowest BCUT2D eigenvalue weighted by Crippen LogP contribution is -2.47. The first-order chi connectivity index (χ1) is 11.9. The molecule has 2 fully saturated rings. The summed E-state index contributed by atoms with van der Waals surface area (Å²) in [6.07, 6.45) is 5.01. The van der Waals surface area contributed by atoms with Crippen molar-refractivity contribution in [2.75, 3.05) is 7.11 Å². The molecule has 0 amide bonds. The van der Waals surface area contributed by atoms with Crippen LogP contribution < -0.4 is 0 Å². The second kappa shape index (κ2) is 6.01. The van der Waals surface area contributed by atoms with Crippen LogP contribution in [-0.4, -0.2) is 29.4 Å². The standard InChI is InChI=1S/C21H28O4/c1-21-8-7-16-15-4-3-14(22)10-12(15)9-13(11-19(24)25-2)20(16)17(21)5-6-18(21)23/h3-4,10,13,16-18,20,22-23H,5-9,11H2,1-2H3/t13-,16+,17-,18-,20+,21-/m0/s1. The van der Waals surface area contributed by atoms with E-state index in [2.05, 4.69) is 13.0 Å². The lowest BCUT2D eigenvalue weighted by atomic mass is 9.52. The van der Waals surface area contributed by atoms with Gasteiger partial charge in [0, 0.05) is 6.42 Å². The van der Waals surface area contributed by atoms with Crippen LogP contribution in [0, 0.1) is 23.2 Å². The van der Waals surface area contributed by atoms with Gasteiger partial charge < -0.3 is 14.9 Å². The Labute approximate surface area is 149 Å². The van der Waals surface area contributed by atoms with E-state index in [9.17, 15) is 15.0 Å². The van der Waals surface area contributed by atoms with Gasteiger partial charge in [-0.05, 0) is 84.5 Å². The van der Waals surface area contributed by atoms with Crippen LogP contribution in [-0.2, 0) is 16.0 Å². The molecule has 1 aromatic rings. The zero-order valence-corrected chi connectivity index (χ0v) is 15.1. The van der Waals surface area contributed by atoms with Gasteiger partial charge in [0.15, 0.2) is 0 Å². The molecule has 4 nitrogen and oxygen atoms in total. The number of phenolic OH excluding ortho intramolecular Hbond substituents is 1. The number of phenols is 1. The van der Waals surface area contributed by atoms with Crippen LogP contribution in [0.5, 0.6) is 5.75 Å². The normalized spacial score (nSPS) is 39.2. The quantitative estimate of drug-likeness (QED) is 0.807. The van der Waals surface area contributed by atoms with Gasteiger partial charge in [-0.15, -0.1) is 0 Å². The van der Waals surface area contributed by atoms with Crippen LogP contribution in [0.1, 0.15) is 56.1 Å².